The van der Waals surface area contributed by atoms with Crippen LogP contribution in [0.25, 0.3) is 0 Å². The third-order valence-corrected chi connectivity index (χ3v) is 5.31. The molecular formula is C18H21N7O5S2. The molecule has 0 aliphatic carbocycles. The van der Waals surface area contributed by atoms with Crippen molar-refractivity contribution in [1.29, 1.82) is 0 Å². The minimum absolute atomic E-state index is 0.133. The molecule has 0 unspecified atom stereocenters. The molecule has 4 N–H and O–H groups in total. The Morgan fingerprint density at radius 1 is 0.812 bits per heavy atom. The first-order chi connectivity index (χ1) is 14.9. The molecule has 3 aromatic rings. The van der Waals surface area contributed by atoms with Crippen molar-refractivity contribution < 1.29 is 21.4 Å². The lowest BCUT2D eigenvalue weighted by molar-refractivity contribution is 0.483. The lowest BCUT2D eigenvalue weighted by Crippen LogP contribution is -2.15. The summed E-state index contributed by atoms with van der Waals surface area (Å²) in [6, 6.07) is 12.0. The molecular weight excluding hydrogens is 458 g/mol. The number of hydrogen-bond acceptors (Lipinski definition) is 10. The second-order valence-corrected chi connectivity index (χ2v) is 10.1. The molecule has 0 fully saturated rings. The molecule has 0 radical (unpaired) electrons. The quantitative estimate of drug-likeness (QED) is 0.349. The number of benzene rings is 2. The van der Waals surface area contributed by atoms with Gasteiger partial charge in [0.05, 0.1) is 11.2 Å². The molecule has 32 heavy (non-hydrogen) atoms. The van der Waals surface area contributed by atoms with Gasteiger partial charge >= 0.3 is 0 Å². The predicted molar refractivity (Wildman–Crippen MR) is 122 cm³/mol. The zero-order valence-corrected chi connectivity index (χ0v) is 18.9. The Balaban J connectivity index is 1.87. The van der Waals surface area contributed by atoms with Crippen LogP contribution in [0, 0.1) is 0 Å². The van der Waals surface area contributed by atoms with E-state index in [-0.39, 0.29) is 16.8 Å². The van der Waals surface area contributed by atoms with Crippen LogP contribution in [0.5, 0.6) is 0 Å². The second-order valence-electron chi connectivity index (χ2n) is 6.88. The largest absolute Gasteiger partial charge is 0.347 e. The summed E-state index contributed by atoms with van der Waals surface area (Å²) >= 11 is 0. The van der Waals surface area contributed by atoms with E-state index in [4.69, 9.17) is 0 Å². The molecule has 2 aromatic carbocycles. The summed E-state index contributed by atoms with van der Waals surface area (Å²) in [4.78, 5) is 14.3. The lowest BCUT2D eigenvalue weighted by atomic mass is 10.3. The SMILES string of the molecule is CN(C)c1nc(Nc2ccc(NS(C)(=O)=O)cc2)nc(Nc2cccc(S(=O)(=O)O)c2)n1. The summed E-state index contributed by atoms with van der Waals surface area (Å²) in [5.74, 6) is 0.654. The molecule has 3 rings (SSSR count). The van der Waals surface area contributed by atoms with Gasteiger partial charge in [0.1, 0.15) is 0 Å². The second kappa shape index (κ2) is 8.94. The summed E-state index contributed by atoms with van der Waals surface area (Å²) in [7, 11) is -4.25. The first-order valence-corrected chi connectivity index (χ1v) is 12.3. The highest BCUT2D eigenvalue weighted by atomic mass is 32.2. The van der Waals surface area contributed by atoms with E-state index in [0.717, 1.165) is 6.26 Å². The van der Waals surface area contributed by atoms with Gasteiger partial charge in [-0.3, -0.25) is 9.27 Å². The van der Waals surface area contributed by atoms with Crippen LogP contribution in [-0.4, -0.2) is 56.7 Å². The van der Waals surface area contributed by atoms with Gasteiger partial charge < -0.3 is 15.5 Å². The molecule has 0 spiro atoms. The number of anilines is 6. The van der Waals surface area contributed by atoms with E-state index in [2.05, 4.69) is 30.3 Å². The molecule has 170 valence electrons. The third kappa shape index (κ3) is 6.50. The minimum Gasteiger partial charge on any atom is -0.347 e. The van der Waals surface area contributed by atoms with E-state index in [1.54, 1.807) is 49.3 Å². The monoisotopic (exact) mass is 479 g/mol. The van der Waals surface area contributed by atoms with Crippen LogP contribution in [0.4, 0.5) is 34.9 Å². The fourth-order valence-electron chi connectivity index (χ4n) is 2.50. The fourth-order valence-corrected chi connectivity index (χ4v) is 3.60. The van der Waals surface area contributed by atoms with Crippen molar-refractivity contribution >= 4 is 55.0 Å². The lowest BCUT2D eigenvalue weighted by Gasteiger charge is -2.14. The first kappa shape index (κ1) is 23.2. The van der Waals surface area contributed by atoms with Crippen LogP contribution in [0.3, 0.4) is 0 Å². The van der Waals surface area contributed by atoms with Gasteiger partial charge in [0.15, 0.2) is 0 Å². The number of sulfonamides is 1. The highest BCUT2D eigenvalue weighted by Crippen LogP contribution is 2.22. The highest BCUT2D eigenvalue weighted by Gasteiger charge is 2.12. The average molecular weight is 480 g/mol. The Labute approximate surface area is 185 Å². The van der Waals surface area contributed by atoms with Crippen molar-refractivity contribution in [1.82, 2.24) is 15.0 Å². The number of aromatic nitrogens is 3. The molecule has 0 saturated carbocycles. The topological polar surface area (TPSA) is 167 Å². The van der Waals surface area contributed by atoms with Crippen LogP contribution in [0.2, 0.25) is 0 Å². The van der Waals surface area contributed by atoms with E-state index in [0.29, 0.717) is 23.0 Å². The van der Waals surface area contributed by atoms with E-state index in [1.165, 1.54) is 18.2 Å². The van der Waals surface area contributed by atoms with E-state index in [9.17, 15) is 21.4 Å². The highest BCUT2D eigenvalue weighted by molar-refractivity contribution is 7.92. The Hall–Kier alpha value is -3.49. The van der Waals surface area contributed by atoms with Crippen LogP contribution >= 0.6 is 0 Å². The van der Waals surface area contributed by atoms with Crippen molar-refractivity contribution in [3.05, 3.63) is 48.5 Å². The molecule has 14 heteroatoms. The van der Waals surface area contributed by atoms with Crippen molar-refractivity contribution in [2.45, 2.75) is 4.90 Å². The molecule has 12 nitrogen and oxygen atoms in total. The van der Waals surface area contributed by atoms with E-state index >= 15 is 0 Å². The van der Waals surface area contributed by atoms with Crippen molar-refractivity contribution in [3.63, 3.8) is 0 Å². The number of rotatable bonds is 8. The van der Waals surface area contributed by atoms with Crippen molar-refractivity contribution in [2.24, 2.45) is 0 Å². The molecule has 0 amide bonds. The zero-order chi connectivity index (χ0) is 23.5. The number of nitrogens with zero attached hydrogens (tertiary/aromatic N) is 4. The van der Waals surface area contributed by atoms with Gasteiger partial charge in [-0.15, -0.1) is 0 Å². The van der Waals surface area contributed by atoms with Gasteiger partial charge in [-0.2, -0.15) is 23.4 Å². The molecule has 1 heterocycles. The fraction of sp³-hybridized carbons (Fsp3) is 0.167. The van der Waals surface area contributed by atoms with Crippen LogP contribution < -0.4 is 20.3 Å². The van der Waals surface area contributed by atoms with Gasteiger partial charge in [-0.1, -0.05) is 6.07 Å². The smallest absolute Gasteiger partial charge is 0.294 e. The van der Waals surface area contributed by atoms with Crippen molar-refractivity contribution in [3.8, 4) is 0 Å². The Morgan fingerprint density at radius 3 is 1.91 bits per heavy atom. The Kier molecular flexibility index (Phi) is 6.47. The zero-order valence-electron chi connectivity index (χ0n) is 17.3. The van der Waals surface area contributed by atoms with Gasteiger partial charge in [0, 0.05) is 31.2 Å². The summed E-state index contributed by atoms with van der Waals surface area (Å²) in [5, 5.41) is 5.90. The van der Waals surface area contributed by atoms with Crippen molar-refractivity contribution in [2.75, 3.05) is 40.6 Å². The van der Waals surface area contributed by atoms with Crippen LogP contribution in [-0.2, 0) is 20.1 Å². The van der Waals surface area contributed by atoms with Crippen LogP contribution in [0.15, 0.2) is 53.4 Å². The Morgan fingerprint density at radius 2 is 1.38 bits per heavy atom. The average Bonchev–Trinajstić information content (AvgIpc) is 2.68. The summed E-state index contributed by atoms with van der Waals surface area (Å²) in [6.45, 7) is 0. The molecule has 0 bridgehead atoms. The maximum absolute atomic E-state index is 11.4. The molecule has 0 aliphatic heterocycles. The van der Waals surface area contributed by atoms with Crippen LogP contribution in [0.1, 0.15) is 0 Å². The van der Waals surface area contributed by atoms with E-state index in [1.807, 2.05) is 0 Å². The molecule has 0 aliphatic rings. The summed E-state index contributed by atoms with van der Waals surface area (Å²) in [5.41, 5.74) is 1.35. The van der Waals surface area contributed by atoms with Gasteiger partial charge in [0.2, 0.25) is 27.9 Å². The molecule has 0 saturated heterocycles. The minimum atomic E-state index is -4.36. The third-order valence-electron chi connectivity index (χ3n) is 3.86. The molecule has 1 aromatic heterocycles. The molecule has 0 atom stereocenters. The van der Waals surface area contributed by atoms with Gasteiger partial charge in [-0.25, -0.2) is 8.42 Å². The maximum Gasteiger partial charge on any atom is 0.294 e. The summed E-state index contributed by atoms with van der Waals surface area (Å²) < 4.78 is 57.0. The van der Waals surface area contributed by atoms with E-state index < -0.39 is 20.1 Å². The normalized spacial score (nSPS) is 11.6. The summed E-state index contributed by atoms with van der Waals surface area (Å²) in [6.07, 6.45) is 1.06. The predicted octanol–water partition coefficient (Wildman–Crippen LogP) is 2.04. The Bertz CT molecular complexity index is 1330. The standard InChI is InChI=1S/C18H21N7O5S2/c1-25(2)18-22-16(19-12-7-9-13(10-8-12)24-31(3,26)27)21-17(23-18)20-14-5-4-6-15(11-14)32(28,29)30/h4-11,24H,1-3H3,(H,28,29,30)(H2,19,20,21,22,23). The number of hydrogen-bond donors (Lipinski definition) is 4. The van der Waals surface area contributed by atoms with Gasteiger partial charge in [-0.05, 0) is 42.5 Å². The van der Waals surface area contributed by atoms with Gasteiger partial charge in [0.25, 0.3) is 10.1 Å². The first-order valence-electron chi connectivity index (χ1n) is 9.02. The number of nitrogens with one attached hydrogen (secondary N) is 3. The maximum atomic E-state index is 11.4.